The van der Waals surface area contributed by atoms with Gasteiger partial charge in [-0.25, -0.2) is 0 Å². The molecule has 1 aromatic heterocycles. The van der Waals surface area contributed by atoms with E-state index in [9.17, 15) is 0 Å². The average Bonchev–Trinajstić information content (AvgIpc) is 3.10. The van der Waals surface area contributed by atoms with Gasteiger partial charge in [0.15, 0.2) is 5.82 Å². The third-order valence-corrected chi connectivity index (χ3v) is 4.65. The Bertz CT molecular complexity index is 458. The molecule has 0 bridgehead atoms. The summed E-state index contributed by atoms with van der Waals surface area (Å²) in [6, 6.07) is 0.465. The van der Waals surface area contributed by atoms with Gasteiger partial charge < -0.3 is 10.3 Å². The van der Waals surface area contributed by atoms with Crippen molar-refractivity contribution in [2.45, 2.75) is 58.0 Å². The number of hydrogen-bond donors (Lipinski definition) is 1. The van der Waals surface area contributed by atoms with Crippen molar-refractivity contribution in [1.29, 1.82) is 0 Å². The fourth-order valence-corrected chi connectivity index (χ4v) is 2.83. The Kier molecular flexibility index (Phi) is 4.42. The van der Waals surface area contributed by atoms with E-state index in [0.29, 0.717) is 5.92 Å². The number of piperidine rings is 1. The Morgan fingerprint density at radius 2 is 2.05 bits per heavy atom. The van der Waals surface area contributed by atoms with Gasteiger partial charge in [-0.2, -0.15) is 4.98 Å². The first-order valence-corrected chi connectivity index (χ1v) is 7.30. The summed E-state index contributed by atoms with van der Waals surface area (Å²) in [4.78, 5) is 6.97. The van der Waals surface area contributed by atoms with Crippen LogP contribution >= 0.6 is 12.4 Å². The molecule has 2 aliphatic rings. The summed E-state index contributed by atoms with van der Waals surface area (Å²) in [7, 11) is 0. The summed E-state index contributed by atoms with van der Waals surface area (Å²) in [6.07, 6.45) is 3.44. The Balaban J connectivity index is 0.00000147. The van der Waals surface area contributed by atoms with E-state index in [1.54, 1.807) is 0 Å². The maximum absolute atomic E-state index is 6.19. The van der Waals surface area contributed by atoms with Gasteiger partial charge in [0.05, 0.1) is 6.04 Å². The van der Waals surface area contributed by atoms with Crippen molar-refractivity contribution in [3.05, 3.63) is 11.7 Å². The van der Waals surface area contributed by atoms with Crippen molar-refractivity contribution in [2.24, 2.45) is 11.1 Å². The topological polar surface area (TPSA) is 68.2 Å². The summed E-state index contributed by atoms with van der Waals surface area (Å²) in [5.41, 5.74) is 6.33. The molecule has 0 aromatic carbocycles. The van der Waals surface area contributed by atoms with Gasteiger partial charge in [0.1, 0.15) is 0 Å². The Hall–Kier alpha value is -0.650. The molecule has 1 aliphatic heterocycles. The molecule has 1 aromatic rings. The van der Waals surface area contributed by atoms with Crippen LogP contribution in [0.15, 0.2) is 4.52 Å². The Morgan fingerprint density at radius 1 is 1.35 bits per heavy atom. The zero-order valence-electron chi connectivity index (χ0n) is 12.5. The van der Waals surface area contributed by atoms with E-state index in [1.165, 1.54) is 12.8 Å². The lowest BCUT2D eigenvalue weighted by Gasteiger charge is -2.44. The van der Waals surface area contributed by atoms with Crippen LogP contribution in [0.3, 0.4) is 0 Å². The first-order chi connectivity index (χ1) is 8.97. The van der Waals surface area contributed by atoms with Gasteiger partial charge in [-0.3, -0.25) is 4.90 Å². The molecule has 0 radical (unpaired) electrons. The van der Waals surface area contributed by atoms with Crippen molar-refractivity contribution in [2.75, 3.05) is 13.1 Å². The van der Waals surface area contributed by atoms with Crippen LogP contribution < -0.4 is 5.73 Å². The molecule has 1 saturated heterocycles. The molecule has 2 atom stereocenters. The van der Waals surface area contributed by atoms with Crippen LogP contribution in [-0.2, 0) is 0 Å². The van der Waals surface area contributed by atoms with Crippen LogP contribution in [0, 0.1) is 5.41 Å². The van der Waals surface area contributed by atoms with Gasteiger partial charge in [0.25, 0.3) is 0 Å². The van der Waals surface area contributed by atoms with E-state index in [4.69, 9.17) is 10.3 Å². The summed E-state index contributed by atoms with van der Waals surface area (Å²) < 4.78 is 5.44. The van der Waals surface area contributed by atoms with E-state index in [0.717, 1.165) is 31.2 Å². The summed E-state index contributed by atoms with van der Waals surface area (Å²) in [5.74, 6) is 2.21. The highest BCUT2D eigenvalue weighted by Gasteiger charge is 2.37. The highest BCUT2D eigenvalue weighted by Crippen LogP contribution is 2.39. The van der Waals surface area contributed by atoms with E-state index >= 15 is 0 Å². The molecule has 0 spiro atoms. The number of nitrogens with zero attached hydrogens (tertiary/aromatic N) is 3. The third-order valence-electron chi connectivity index (χ3n) is 4.65. The first kappa shape index (κ1) is 15.7. The fourth-order valence-electron chi connectivity index (χ4n) is 2.83. The lowest BCUT2D eigenvalue weighted by atomic mass is 9.79. The largest absolute Gasteiger partial charge is 0.338 e. The van der Waals surface area contributed by atoms with Crippen molar-refractivity contribution in [1.82, 2.24) is 15.0 Å². The normalized spacial score (nSPS) is 27.9. The van der Waals surface area contributed by atoms with Crippen LogP contribution in [0.1, 0.15) is 63.7 Å². The van der Waals surface area contributed by atoms with Gasteiger partial charge in [-0.05, 0) is 31.6 Å². The monoisotopic (exact) mass is 300 g/mol. The first-order valence-electron chi connectivity index (χ1n) is 7.30. The van der Waals surface area contributed by atoms with Crippen LogP contribution in [0.2, 0.25) is 0 Å². The van der Waals surface area contributed by atoms with Crippen LogP contribution in [0.25, 0.3) is 0 Å². The number of nitrogens with two attached hydrogens (primary N) is 1. The second-order valence-corrected chi connectivity index (χ2v) is 6.80. The molecule has 5 nitrogen and oxygen atoms in total. The lowest BCUT2D eigenvalue weighted by Crippen LogP contribution is -2.52. The number of hydrogen-bond acceptors (Lipinski definition) is 5. The molecule has 2 fully saturated rings. The molecule has 1 saturated carbocycles. The minimum absolute atomic E-state index is 0. The molecule has 6 heteroatoms. The van der Waals surface area contributed by atoms with Gasteiger partial charge in [-0.1, -0.05) is 19.0 Å². The zero-order valence-corrected chi connectivity index (χ0v) is 13.3. The maximum Gasteiger partial charge on any atom is 0.243 e. The molecular weight excluding hydrogens is 276 g/mol. The van der Waals surface area contributed by atoms with Gasteiger partial charge >= 0.3 is 0 Å². The predicted molar refractivity (Wildman–Crippen MR) is 79.9 cm³/mol. The molecule has 20 heavy (non-hydrogen) atoms. The summed E-state index contributed by atoms with van der Waals surface area (Å²) in [6.45, 7) is 8.61. The highest BCUT2D eigenvalue weighted by atomic mass is 35.5. The minimum atomic E-state index is 0. The van der Waals surface area contributed by atoms with Crippen molar-refractivity contribution >= 4 is 12.4 Å². The Morgan fingerprint density at radius 3 is 2.65 bits per heavy atom. The van der Waals surface area contributed by atoms with E-state index in [1.807, 2.05) is 0 Å². The molecule has 2 heterocycles. The van der Waals surface area contributed by atoms with Crippen molar-refractivity contribution < 1.29 is 4.52 Å². The molecule has 0 amide bonds. The summed E-state index contributed by atoms with van der Waals surface area (Å²) in [5, 5.41) is 4.11. The molecule has 2 N–H and O–H groups in total. The SMILES string of the molecule is CC(c1nc(C2CC2)no1)N1CCC(N)C(C)(C)C1.Cl. The molecule has 1 aliphatic carbocycles. The van der Waals surface area contributed by atoms with E-state index < -0.39 is 0 Å². The second kappa shape index (κ2) is 5.62. The predicted octanol–water partition coefficient (Wildman–Crippen LogP) is 2.49. The van der Waals surface area contributed by atoms with E-state index in [-0.39, 0.29) is 29.9 Å². The van der Waals surface area contributed by atoms with Crippen LogP contribution in [-0.4, -0.2) is 34.2 Å². The molecule has 2 unspecified atom stereocenters. The average molecular weight is 301 g/mol. The van der Waals surface area contributed by atoms with Crippen molar-refractivity contribution in [3.63, 3.8) is 0 Å². The van der Waals surface area contributed by atoms with Crippen LogP contribution in [0.5, 0.6) is 0 Å². The summed E-state index contributed by atoms with van der Waals surface area (Å²) >= 11 is 0. The lowest BCUT2D eigenvalue weighted by molar-refractivity contribution is 0.0549. The van der Waals surface area contributed by atoms with Gasteiger partial charge in [0.2, 0.25) is 5.89 Å². The zero-order chi connectivity index (χ0) is 13.6. The molecular formula is C14H25ClN4O. The number of rotatable bonds is 3. The van der Waals surface area contributed by atoms with Crippen molar-refractivity contribution in [3.8, 4) is 0 Å². The number of likely N-dealkylation sites (tertiary alicyclic amines) is 1. The standard InChI is InChI=1S/C14H24N4O.ClH/c1-9(13-16-12(17-19-13)10-4-5-10)18-7-6-11(15)14(2,3)8-18;/h9-11H,4-8,15H2,1-3H3;1H. The van der Waals surface area contributed by atoms with Crippen LogP contribution in [0.4, 0.5) is 0 Å². The molecule has 3 rings (SSSR count). The van der Waals surface area contributed by atoms with Gasteiger partial charge in [0, 0.05) is 25.0 Å². The molecule has 114 valence electrons. The smallest absolute Gasteiger partial charge is 0.243 e. The van der Waals surface area contributed by atoms with E-state index in [2.05, 4.69) is 35.8 Å². The number of aromatic nitrogens is 2. The number of halogens is 1. The fraction of sp³-hybridized carbons (Fsp3) is 0.857. The van der Waals surface area contributed by atoms with Gasteiger partial charge in [-0.15, -0.1) is 12.4 Å². The minimum Gasteiger partial charge on any atom is -0.338 e. The quantitative estimate of drug-likeness (QED) is 0.929. The third kappa shape index (κ3) is 3.00. The second-order valence-electron chi connectivity index (χ2n) is 6.80. The Labute approximate surface area is 126 Å². The highest BCUT2D eigenvalue weighted by molar-refractivity contribution is 5.85. The maximum atomic E-state index is 6.19.